The fourth-order valence-corrected chi connectivity index (χ4v) is 3.29. The number of ether oxygens (including phenoxy) is 1. The minimum absolute atomic E-state index is 0.00367. The average Bonchev–Trinajstić information content (AvgIpc) is 2.94. The second-order valence-corrected chi connectivity index (χ2v) is 6.45. The summed E-state index contributed by atoms with van der Waals surface area (Å²) < 4.78 is 5.78. The number of rotatable bonds is 6. The first-order valence-corrected chi connectivity index (χ1v) is 8.24. The second-order valence-electron chi connectivity index (χ2n) is 5.28. The molecule has 1 amide bonds. The van der Waals surface area contributed by atoms with Gasteiger partial charge in [-0.15, -0.1) is 11.3 Å². The topological polar surface area (TPSA) is 64.3 Å². The lowest BCUT2D eigenvalue weighted by atomic mass is 9.94. The van der Waals surface area contributed by atoms with E-state index in [1.165, 1.54) is 4.88 Å². The molecule has 0 aromatic carbocycles. The van der Waals surface area contributed by atoms with E-state index < -0.39 is 0 Å². The molecule has 1 aliphatic rings. The van der Waals surface area contributed by atoms with Crippen LogP contribution in [0.3, 0.4) is 0 Å². The molecule has 112 valence electrons. The first-order valence-electron chi connectivity index (χ1n) is 7.43. The molecule has 4 nitrogen and oxygen atoms in total. The van der Waals surface area contributed by atoms with Crippen LogP contribution >= 0.6 is 11.3 Å². The Bertz CT molecular complexity index is 425. The van der Waals surface area contributed by atoms with Gasteiger partial charge in [0.25, 0.3) is 5.91 Å². The lowest BCUT2D eigenvalue weighted by Crippen LogP contribution is -2.32. The number of carbonyl (C=O) groups excluding carboxylic acids is 1. The van der Waals surface area contributed by atoms with Crippen molar-refractivity contribution in [2.24, 2.45) is 5.73 Å². The first-order chi connectivity index (χ1) is 9.69. The quantitative estimate of drug-likeness (QED) is 0.792. The van der Waals surface area contributed by atoms with Gasteiger partial charge in [-0.3, -0.25) is 4.79 Å². The van der Waals surface area contributed by atoms with Crippen LogP contribution in [0.25, 0.3) is 0 Å². The van der Waals surface area contributed by atoms with E-state index in [-0.39, 0.29) is 5.91 Å². The molecule has 1 saturated carbocycles. The molecule has 5 heteroatoms. The van der Waals surface area contributed by atoms with Crippen LogP contribution in [0.2, 0.25) is 0 Å². The zero-order valence-electron chi connectivity index (χ0n) is 12.1. The summed E-state index contributed by atoms with van der Waals surface area (Å²) in [4.78, 5) is 13.9. The Hall–Kier alpha value is -0.910. The summed E-state index contributed by atoms with van der Waals surface area (Å²) in [7, 11) is 0. The van der Waals surface area contributed by atoms with Crippen molar-refractivity contribution in [1.29, 1.82) is 0 Å². The van der Waals surface area contributed by atoms with E-state index in [2.05, 4.69) is 12.2 Å². The number of hydrogen-bond donors (Lipinski definition) is 2. The van der Waals surface area contributed by atoms with Crippen LogP contribution < -0.4 is 11.1 Å². The van der Waals surface area contributed by atoms with Gasteiger partial charge < -0.3 is 15.8 Å². The van der Waals surface area contributed by atoms with Gasteiger partial charge in [0.05, 0.1) is 17.6 Å². The third-order valence-corrected chi connectivity index (χ3v) is 4.92. The zero-order chi connectivity index (χ0) is 14.4. The molecule has 0 unspecified atom stereocenters. The minimum atomic E-state index is 0.00367. The number of aryl methyl sites for hydroxylation is 1. The van der Waals surface area contributed by atoms with Crippen LogP contribution in [-0.4, -0.2) is 31.2 Å². The maximum absolute atomic E-state index is 11.9. The molecule has 0 radical (unpaired) electrons. The van der Waals surface area contributed by atoms with E-state index in [4.69, 9.17) is 10.5 Å². The van der Waals surface area contributed by atoms with Gasteiger partial charge in [-0.25, -0.2) is 0 Å². The standard InChI is InChI=1S/C15H24N2O2S/c1-2-13-7-8-14(20-13)15(18)17-9-10-19-12-5-3-11(16)4-6-12/h7-8,11-12H,2-6,9-10,16H2,1H3,(H,17,18). The molecular formula is C15H24N2O2S. The molecule has 1 aliphatic carbocycles. The Morgan fingerprint density at radius 3 is 2.80 bits per heavy atom. The highest BCUT2D eigenvalue weighted by Crippen LogP contribution is 2.19. The van der Waals surface area contributed by atoms with Crippen LogP contribution in [0.15, 0.2) is 12.1 Å². The molecule has 1 heterocycles. The Kier molecular flexibility index (Phi) is 6.01. The molecule has 20 heavy (non-hydrogen) atoms. The Morgan fingerprint density at radius 1 is 1.40 bits per heavy atom. The van der Waals surface area contributed by atoms with Crippen molar-refractivity contribution in [1.82, 2.24) is 5.32 Å². The number of nitrogens with one attached hydrogen (secondary N) is 1. The monoisotopic (exact) mass is 296 g/mol. The highest BCUT2D eigenvalue weighted by Gasteiger charge is 2.18. The van der Waals surface area contributed by atoms with E-state index in [9.17, 15) is 4.79 Å². The van der Waals surface area contributed by atoms with Crippen LogP contribution in [-0.2, 0) is 11.2 Å². The summed E-state index contributed by atoms with van der Waals surface area (Å²) in [6, 6.07) is 4.25. The van der Waals surface area contributed by atoms with E-state index in [1.807, 2.05) is 12.1 Å². The van der Waals surface area contributed by atoms with Crippen LogP contribution in [0, 0.1) is 0 Å². The number of nitrogens with two attached hydrogens (primary N) is 1. The molecule has 3 N–H and O–H groups in total. The highest BCUT2D eigenvalue weighted by atomic mass is 32.1. The van der Waals surface area contributed by atoms with Gasteiger partial charge in [0.15, 0.2) is 0 Å². The minimum Gasteiger partial charge on any atom is -0.376 e. The van der Waals surface area contributed by atoms with Crippen LogP contribution in [0.4, 0.5) is 0 Å². The third-order valence-electron chi connectivity index (χ3n) is 3.69. The highest BCUT2D eigenvalue weighted by molar-refractivity contribution is 7.14. The summed E-state index contributed by atoms with van der Waals surface area (Å²) in [5, 5.41) is 2.91. The van der Waals surface area contributed by atoms with E-state index in [0.717, 1.165) is 37.0 Å². The summed E-state index contributed by atoms with van der Waals surface area (Å²) in [5.74, 6) is 0.00367. The van der Waals surface area contributed by atoms with Gasteiger partial charge in [-0.1, -0.05) is 6.92 Å². The molecule has 1 aromatic heterocycles. The average molecular weight is 296 g/mol. The molecule has 1 aromatic rings. The summed E-state index contributed by atoms with van der Waals surface area (Å²) >= 11 is 1.56. The lowest BCUT2D eigenvalue weighted by Gasteiger charge is -2.26. The normalized spacial score (nSPS) is 22.7. The molecule has 1 fully saturated rings. The van der Waals surface area contributed by atoms with Crippen molar-refractivity contribution in [3.05, 3.63) is 21.9 Å². The summed E-state index contributed by atoms with van der Waals surface area (Å²) in [5.41, 5.74) is 5.86. The maximum Gasteiger partial charge on any atom is 0.261 e. The van der Waals surface area contributed by atoms with Crippen molar-refractivity contribution in [2.75, 3.05) is 13.2 Å². The molecular weight excluding hydrogens is 272 g/mol. The summed E-state index contributed by atoms with van der Waals surface area (Å²) in [6.07, 6.45) is 5.48. The third kappa shape index (κ3) is 4.58. The van der Waals surface area contributed by atoms with E-state index in [0.29, 0.717) is 25.3 Å². The first kappa shape index (κ1) is 15.5. The van der Waals surface area contributed by atoms with Gasteiger partial charge >= 0.3 is 0 Å². The SMILES string of the molecule is CCc1ccc(C(=O)NCCOC2CCC(N)CC2)s1. The molecule has 0 spiro atoms. The maximum atomic E-state index is 11.9. The number of thiophene rings is 1. The van der Waals surface area contributed by atoms with Gasteiger partial charge in [-0.05, 0) is 44.2 Å². The molecule has 0 saturated heterocycles. The van der Waals surface area contributed by atoms with E-state index >= 15 is 0 Å². The summed E-state index contributed by atoms with van der Waals surface area (Å²) in [6.45, 7) is 3.25. The number of amides is 1. The number of hydrogen-bond acceptors (Lipinski definition) is 4. The van der Waals surface area contributed by atoms with Crippen molar-refractivity contribution < 1.29 is 9.53 Å². The van der Waals surface area contributed by atoms with Gasteiger partial charge in [-0.2, -0.15) is 0 Å². The number of carbonyl (C=O) groups is 1. The second kappa shape index (κ2) is 7.76. The predicted molar refractivity (Wildman–Crippen MR) is 82.2 cm³/mol. The van der Waals surface area contributed by atoms with Crippen molar-refractivity contribution in [2.45, 2.75) is 51.2 Å². The van der Waals surface area contributed by atoms with Gasteiger partial charge in [0.1, 0.15) is 0 Å². The van der Waals surface area contributed by atoms with Crippen molar-refractivity contribution in [3.8, 4) is 0 Å². The fourth-order valence-electron chi connectivity index (χ4n) is 2.42. The van der Waals surface area contributed by atoms with Gasteiger partial charge in [0.2, 0.25) is 0 Å². The Morgan fingerprint density at radius 2 is 2.15 bits per heavy atom. The Balaban J connectivity index is 1.62. The fraction of sp³-hybridized carbons (Fsp3) is 0.667. The molecule has 0 bridgehead atoms. The largest absolute Gasteiger partial charge is 0.376 e. The molecule has 0 aliphatic heterocycles. The van der Waals surface area contributed by atoms with Crippen molar-refractivity contribution >= 4 is 17.2 Å². The molecule has 0 atom stereocenters. The van der Waals surface area contributed by atoms with Crippen LogP contribution in [0.5, 0.6) is 0 Å². The Labute approximate surface area is 124 Å². The predicted octanol–water partition coefficient (Wildman–Crippen LogP) is 2.33. The lowest BCUT2D eigenvalue weighted by molar-refractivity contribution is 0.0268. The van der Waals surface area contributed by atoms with E-state index in [1.54, 1.807) is 11.3 Å². The van der Waals surface area contributed by atoms with Gasteiger partial charge in [0, 0.05) is 17.5 Å². The van der Waals surface area contributed by atoms with Crippen molar-refractivity contribution in [3.63, 3.8) is 0 Å². The van der Waals surface area contributed by atoms with Crippen LogP contribution in [0.1, 0.15) is 47.2 Å². The smallest absolute Gasteiger partial charge is 0.261 e. The molecule has 2 rings (SSSR count). The zero-order valence-corrected chi connectivity index (χ0v) is 12.9.